The predicted octanol–water partition coefficient (Wildman–Crippen LogP) is 12.7. The molecule has 0 atom stereocenters. The highest BCUT2D eigenvalue weighted by Crippen LogP contribution is 2.63. The van der Waals surface area contributed by atoms with Crippen LogP contribution in [-0.4, -0.2) is 15.0 Å². The summed E-state index contributed by atoms with van der Waals surface area (Å²) in [6.07, 6.45) is 0. The second-order valence-electron chi connectivity index (χ2n) is 14.3. The van der Waals surface area contributed by atoms with Crippen molar-refractivity contribution in [1.82, 2.24) is 15.0 Å². The van der Waals surface area contributed by atoms with Crippen molar-refractivity contribution < 1.29 is 4.74 Å². The highest BCUT2D eigenvalue weighted by Gasteiger charge is 2.51. The van der Waals surface area contributed by atoms with Gasteiger partial charge in [-0.2, -0.15) is 0 Å². The van der Waals surface area contributed by atoms with E-state index in [9.17, 15) is 0 Å². The molecule has 0 radical (unpaired) electrons. The van der Waals surface area contributed by atoms with Crippen molar-refractivity contribution in [3.63, 3.8) is 0 Å². The van der Waals surface area contributed by atoms with E-state index in [0.29, 0.717) is 17.5 Å². The summed E-state index contributed by atoms with van der Waals surface area (Å²) in [5.74, 6) is 3.38. The number of nitrogens with zero attached hydrogens (tertiary/aromatic N) is 3. The molecule has 1 aromatic heterocycles. The lowest BCUT2D eigenvalue weighted by atomic mass is 9.70. The molecule has 4 nitrogen and oxygen atoms in total. The monoisotopic (exact) mass is 715 g/mol. The van der Waals surface area contributed by atoms with Crippen LogP contribution < -0.4 is 4.74 Å². The van der Waals surface area contributed by atoms with Crippen molar-refractivity contribution in [3.05, 3.63) is 222 Å². The van der Waals surface area contributed by atoms with Crippen LogP contribution in [0.5, 0.6) is 11.5 Å². The highest BCUT2D eigenvalue weighted by atomic mass is 16.5. The minimum atomic E-state index is -0.363. The minimum absolute atomic E-state index is 0.363. The smallest absolute Gasteiger partial charge is 0.164 e. The van der Waals surface area contributed by atoms with Gasteiger partial charge in [0, 0.05) is 16.7 Å². The van der Waals surface area contributed by atoms with Crippen LogP contribution in [0.15, 0.2) is 200 Å². The Morgan fingerprint density at radius 2 is 0.643 bits per heavy atom. The predicted molar refractivity (Wildman–Crippen MR) is 224 cm³/mol. The second kappa shape index (κ2) is 12.9. The van der Waals surface area contributed by atoms with Gasteiger partial charge in [0.25, 0.3) is 0 Å². The van der Waals surface area contributed by atoms with E-state index in [1.807, 2.05) is 97.1 Å². The molecule has 1 spiro atoms. The summed E-state index contributed by atoms with van der Waals surface area (Å²) < 4.78 is 6.36. The summed E-state index contributed by atoms with van der Waals surface area (Å²) in [5.41, 5.74) is 15.3. The van der Waals surface area contributed by atoms with Crippen molar-refractivity contribution in [1.29, 1.82) is 0 Å². The van der Waals surface area contributed by atoms with Crippen LogP contribution in [-0.2, 0) is 5.41 Å². The fourth-order valence-corrected chi connectivity index (χ4v) is 8.74. The molecular weight excluding hydrogens is 683 g/mol. The molecule has 0 aliphatic heterocycles. The molecule has 1 heterocycles. The van der Waals surface area contributed by atoms with Crippen LogP contribution in [0.25, 0.3) is 67.5 Å². The van der Waals surface area contributed by atoms with Crippen LogP contribution in [0.1, 0.15) is 22.3 Å². The van der Waals surface area contributed by atoms with Gasteiger partial charge in [0.05, 0.1) is 5.41 Å². The van der Waals surface area contributed by atoms with Crippen molar-refractivity contribution in [2.45, 2.75) is 5.41 Å². The molecule has 0 unspecified atom stereocenters. The molecule has 0 saturated carbocycles. The molecule has 8 aromatic carbocycles. The molecule has 56 heavy (non-hydrogen) atoms. The van der Waals surface area contributed by atoms with Gasteiger partial charge in [0.15, 0.2) is 17.5 Å². The normalized spacial score (nSPS) is 12.8. The van der Waals surface area contributed by atoms with Crippen LogP contribution in [0.3, 0.4) is 0 Å². The average molecular weight is 716 g/mol. The molecule has 2 aliphatic carbocycles. The Hall–Kier alpha value is -7.43. The average Bonchev–Trinajstić information content (AvgIpc) is 3.74. The number of ether oxygens (including phenoxy) is 1. The molecule has 0 bridgehead atoms. The zero-order valence-electron chi connectivity index (χ0n) is 30.3. The van der Waals surface area contributed by atoms with Crippen LogP contribution in [0.2, 0.25) is 0 Å². The van der Waals surface area contributed by atoms with Crippen LogP contribution >= 0.6 is 0 Å². The second-order valence-corrected chi connectivity index (χ2v) is 14.3. The zero-order chi connectivity index (χ0) is 37.1. The number of benzene rings is 8. The van der Waals surface area contributed by atoms with Crippen molar-refractivity contribution in [2.24, 2.45) is 0 Å². The van der Waals surface area contributed by atoms with E-state index in [0.717, 1.165) is 33.8 Å². The summed E-state index contributed by atoms with van der Waals surface area (Å²) >= 11 is 0. The van der Waals surface area contributed by atoms with Gasteiger partial charge in [0.1, 0.15) is 11.5 Å². The molecule has 0 amide bonds. The molecule has 0 N–H and O–H groups in total. The summed E-state index contributed by atoms with van der Waals surface area (Å²) in [4.78, 5) is 14.6. The topological polar surface area (TPSA) is 47.9 Å². The van der Waals surface area contributed by atoms with E-state index in [4.69, 9.17) is 19.7 Å². The minimum Gasteiger partial charge on any atom is -0.457 e. The Balaban J connectivity index is 0.901. The number of aromatic nitrogens is 3. The van der Waals surface area contributed by atoms with E-state index in [1.165, 1.54) is 50.1 Å². The van der Waals surface area contributed by atoms with Gasteiger partial charge in [-0.1, -0.05) is 158 Å². The Morgan fingerprint density at radius 3 is 1.11 bits per heavy atom. The maximum atomic E-state index is 6.36. The summed E-state index contributed by atoms with van der Waals surface area (Å²) in [7, 11) is 0. The molecule has 2 aliphatic rings. The first-order valence-electron chi connectivity index (χ1n) is 18.9. The Bertz CT molecular complexity index is 2800. The van der Waals surface area contributed by atoms with Crippen molar-refractivity contribution in [3.8, 4) is 79.0 Å². The van der Waals surface area contributed by atoms with Gasteiger partial charge in [-0.05, 0) is 98.1 Å². The molecule has 0 fully saturated rings. The van der Waals surface area contributed by atoms with Crippen molar-refractivity contribution in [2.75, 3.05) is 0 Å². The zero-order valence-corrected chi connectivity index (χ0v) is 30.3. The standard InChI is InChI=1S/C52H33N3O/c1-3-13-35(14-4-1)49-53-50(36-15-5-2-6-16-36)55-51(54-49)37-25-30-40(31-26-37)56-39-28-23-34(24-29-39)38-27-32-44-43-19-9-12-22-47(43)52(48(44)33-38)45-20-10-7-17-41(45)42-18-8-11-21-46(42)52/h1-33H. The van der Waals surface area contributed by atoms with E-state index in [2.05, 4.69) is 103 Å². The summed E-state index contributed by atoms with van der Waals surface area (Å²) in [6.45, 7) is 0. The first kappa shape index (κ1) is 32.0. The highest BCUT2D eigenvalue weighted by molar-refractivity contribution is 5.95. The summed E-state index contributed by atoms with van der Waals surface area (Å²) in [5, 5.41) is 0. The van der Waals surface area contributed by atoms with Gasteiger partial charge in [0.2, 0.25) is 0 Å². The molecule has 11 rings (SSSR count). The van der Waals surface area contributed by atoms with E-state index in [-0.39, 0.29) is 5.41 Å². The fraction of sp³-hybridized carbons (Fsp3) is 0.0192. The van der Waals surface area contributed by atoms with Gasteiger partial charge in [-0.15, -0.1) is 0 Å². The fourth-order valence-electron chi connectivity index (χ4n) is 8.74. The Kier molecular flexibility index (Phi) is 7.36. The third-order valence-electron chi connectivity index (χ3n) is 11.2. The maximum absolute atomic E-state index is 6.36. The van der Waals surface area contributed by atoms with Gasteiger partial charge < -0.3 is 4.74 Å². The Labute approximate surface area is 325 Å². The van der Waals surface area contributed by atoms with E-state index >= 15 is 0 Å². The number of hydrogen-bond acceptors (Lipinski definition) is 4. The third-order valence-corrected chi connectivity index (χ3v) is 11.2. The van der Waals surface area contributed by atoms with Crippen molar-refractivity contribution >= 4 is 0 Å². The number of fused-ring (bicyclic) bond motifs is 10. The van der Waals surface area contributed by atoms with Gasteiger partial charge in [-0.25, -0.2) is 15.0 Å². The lowest BCUT2D eigenvalue weighted by molar-refractivity contribution is 0.483. The molecule has 262 valence electrons. The first-order chi connectivity index (χ1) is 27.7. The van der Waals surface area contributed by atoms with Gasteiger partial charge >= 0.3 is 0 Å². The van der Waals surface area contributed by atoms with Gasteiger partial charge in [-0.3, -0.25) is 0 Å². The molecular formula is C52H33N3O. The third kappa shape index (κ3) is 5.04. The first-order valence-corrected chi connectivity index (χ1v) is 18.9. The largest absolute Gasteiger partial charge is 0.457 e. The number of hydrogen-bond donors (Lipinski definition) is 0. The maximum Gasteiger partial charge on any atom is 0.164 e. The number of rotatable bonds is 6. The molecule has 9 aromatic rings. The van der Waals surface area contributed by atoms with Crippen LogP contribution in [0.4, 0.5) is 0 Å². The lowest BCUT2D eigenvalue weighted by Gasteiger charge is -2.30. The SMILES string of the molecule is c1ccc(-c2nc(-c3ccccc3)nc(-c3ccc(Oc4ccc(-c5ccc6c(c5)C5(c7ccccc7-c7ccccc75)c5ccccc5-6)cc4)cc3)n2)cc1. The molecule has 0 saturated heterocycles. The van der Waals surface area contributed by atoms with Crippen LogP contribution in [0, 0.1) is 0 Å². The quantitative estimate of drug-likeness (QED) is 0.172. The molecule has 4 heteroatoms. The van der Waals surface area contributed by atoms with E-state index < -0.39 is 0 Å². The lowest BCUT2D eigenvalue weighted by Crippen LogP contribution is -2.25. The van der Waals surface area contributed by atoms with E-state index in [1.54, 1.807) is 0 Å². The Morgan fingerprint density at radius 1 is 0.286 bits per heavy atom. The summed E-state index contributed by atoms with van der Waals surface area (Å²) in [6, 6.07) is 70.1.